The van der Waals surface area contributed by atoms with Crippen LogP contribution in [0.4, 0.5) is 10.5 Å². The number of rotatable bonds is 2. The number of oxazole rings is 1. The molecule has 0 spiro atoms. The molecule has 0 aliphatic carbocycles. The standard InChI is InChI=1S/C19H18N4O3/c24-18(14-6-7-16-17(12-14)26-13-20-16)22-8-10-23(11-9-22)19(25)21-15-4-2-1-3-5-15/h1-7,12-13H,8-11H2,(H,21,25). The number of carbonyl (C=O) groups is 2. The summed E-state index contributed by atoms with van der Waals surface area (Å²) < 4.78 is 5.26. The van der Waals surface area contributed by atoms with Crippen LogP contribution in [0.25, 0.3) is 11.1 Å². The molecule has 0 saturated carbocycles. The number of urea groups is 1. The average molecular weight is 350 g/mol. The zero-order valence-corrected chi connectivity index (χ0v) is 14.1. The minimum Gasteiger partial charge on any atom is -0.443 e. The Morgan fingerprint density at radius 1 is 0.962 bits per heavy atom. The highest BCUT2D eigenvalue weighted by atomic mass is 16.3. The maximum atomic E-state index is 12.7. The fourth-order valence-electron chi connectivity index (χ4n) is 3.01. The summed E-state index contributed by atoms with van der Waals surface area (Å²) in [6.45, 7) is 1.98. The molecule has 1 saturated heterocycles. The molecule has 0 unspecified atom stereocenters. The van der Waals surface area contributed by atoms with Gasteiger partial charge in [-0.15, -0.1) is 0 Å². The highest BCUT2D eigenvalue weighted by Gasteiger charge is 2.25. The Hall–Kier alpha value is -3.35. The lowest BCUT2D eigenvalue weighted by Crippen LogP contribution is -2.51. The first-order chi connectivity index (χ1) is 12.7. The van der Waals surface area contributed by atoms with E-state index in [-0.39, 0.29) is 11.9 Å². The van der Waals surface area contributed by atoms with Crippen LogP contribution in [0.3, 0.4) is 0 Å². The molecular weight excluding hydrogens is 332 g/mol. The number of anilines is 1. The number of nitrogens with one attached hydrogen (secondary N) is 1. The van der Waals surface area contributed by atoms with Crippen LogP contribution < -0.4 is 5.32 Å². The number of nitrogens with zero attached hydrogens (tertiary/aromatic N) is 3. The van der Waals surface area contributed by atoms with Gasteiger partial charge in [0.1, 0.15) is 5.52 Å². The molecular formula is C19H18N4O3. The molecule has 0 radical (unpaired) electrons. The summed E-state index contributed by atoms with van der Waals surface area (Å²) in [4.78, 5) is 32.5. The zero-order valence-electron chi connectivity index (χ0n) is 14.1. The summed E-state index contributed by atoms with van der Waals surface area (Å²) in [5.41, 5.74) is 2.65. The average Bonchev–Trinajstić information content (AvgIpc) is 3.16. The number of hydrogen-bond acceptors (Lipinski definition) is 4. The number of hydrogen-bond donors (Lipinski definition) is 1. The number of carbonyl (C=O) groups excluding carboxylic acids is 2. The summed E-state index contributed by atoms with van der Waals surface area (Å²) in [7, 11) is 0. The van der Waals surface area contributed by atoms with E-state index in [1.165, 1.54) is 6.39 Å². The number of amides is 3. The van der Waals surface area contributed by atoms with Crippen molar-refractivity contribution in [1.82, 2.24) is 14.8 Å². The van der Waals surface area contributed by atoms with Crippen molar-refractivity contribution < 1.29 is 14.0 Å². The smallest absolute Gasteiger partial charge is 0.321 e. The van der Waals surface area contributed by atoms with Crippen LogP contribution in [0.5, 0.6) is 0 Å². The molecule has 1 fully saturated rings. The van der Waals surface area contributed by atoms with Gasteiger partial charge in [0.05, 0.1) is 0 Å². The lowest BCUT2D eigenvalue weighted by atomic mass is 10.1. The third-order valence-corrected chi connectivity index (χ3v) is 4.46. The van der Waals surface area contributed by atoms with Crippen molar-refractivity contribution >= 4 is 28.7 Å². The Bertz CT molecular complexity index is 930. The van der Waals surface area contributed by atoms with Crippen molar-refractivity contribution in [3.05, 3.63) is 60.5 Å². The van der Waals surface area contributed by atoms with Gasteiger partial charge in [-0.3, -0.25) is 4.79 Å². The third kappa shape index (κ3) is 3.23. The van der Waals surface area contributed by atoms with Gasteiger partial charge in [-0.2, -0.15) is 0 Å². The van der Waals surface area contributed by atoms with Crippen molar-refractivity contribution in [2.24, 2.45) is 0 Å². The minimum absolute atomic E-state index is 0.0635. The molecule has 26 heavy (non-hydrogen) atoms. The maximum absolute atomic E-state index is 12.7. The number of piperazine rings is 1. The SMILES string of the molecule is O=C(Nc1ccccc1)N1CCN(C(=O)c2ccc3ncoc3c2)CC1. The van der Waals surface area contributed by atoms with Gasteiger partial charge < -0.3 is 19.5 Å². The Balaban J connectivity index is 1.36. The van der Waals surface area contributed by atoms with E-state index in [0.29, 0.717) is 37.3 Å². The predicted octanol–water partition coefficient (Wildman–Crippen LogP) is 2.82. The molecule has 2 aromatic carbocycles. The predicted molar refractivity (Wildman–Crippen MR) is 96.9 cm³/mol. The van der Waals surface area contributed by atoms with Gasteiger partial charge in [-0.05, 0) is 30.3 Å². The molecule has 1 N–H and O–H groups in total. The van der Waals surface area contributed by atoms with E-state index in [0.717, 1.165) is 11.2 Å². The van der Waals surface area contributed by atoms with Crippen LogP contribution in [0.15, 0.2) is 59.3 Å². The van der Waals surface area contributed by atoms with Crippen LogP contribution in [-0.4, -0.2) is 52.9 Å². The van der Waals surface area contributed by atoms with E-state index in [2.05, 4.69) is 10.3 Å². The van der Waals surface area contributed by atoms with Crippen molar-refractivity contribution in [3.8, 4) is 0 Å². The number of aromatic nitrogens is 1. The number of fused-ring (bicyclic) bond motifs is 1. The molecule has 3 amide bonds. The van der Waals surface area contributed by atoms with Gasteiger partial charge in [-0.1, -0.05) is 18.2 Å². The van der Waals surface area contributed by atoms with E-state index in [1.807, 2.05) is 30.3 Å². The molecule has 1 aromatic heterocycles. The van der Waals surface area contributed by atoms with Crippen LogP contribution in [0, 0.1) is 0 Å². The van der Waals surface area contributed by atoms with E-state index in [1.54, 1.807) is 28.0 Å². The molecule has 3 aromatic rings. The second-order valence-electron chi connectivity index (χ2n) is 6.11. The number of benzene rings is 2. The van der Waals surface area contributed by atoms with Gasteiger partial charge in [0.25, 0.3) is 5.91 Å². The van der Waals surface area contributed by atoms with E-state index in [4.69, 9.17) is 4.42 Å². The molecule has 7 heteroatoms. The number of para-hydroxylation sites is 1. The zero-order chi connectivity index (χ0) is 17.9. The molecule has 4 rings (SSSR count). The molecule has 1 aliphatic heterocycles. The van der Waals surface area contributed by atoms with Crippen molar-refractivity contribution in [1.29, 1.82) is 0 Å². The Morgan fingerprint density at radius 3 is 2.46 bits per heavy atom. The second kappa shape index (κ2) is 6.87. The lowest BCUT2D eigenvalue weighted by molar-refractivity contribution is 0.0672. The van der Waals surface area contributed by atoms with Crippen LogP contribution >= 0.6 is 0 Å². The summed E-state index contributed by atoms with van der Waals surface area (Å²) in [5.74, 6) is -0.0635. The molecule has 0 bridgehead atoms. The van der Waals surface area contributed by atoms with Crippen LogP contribution in [0.2, 0.25) is 0 Å². The van der Waals surface area contributed by atoms with Crippen molar-refractivity contribution in [2.75, 3.05) is 31.5 Å². The molecule has 2 heterocycles. The Morgan fingerprint density at radius 2 is 1.69 bits per heavy atom. The van der Waals surface area contributed by atoms with Gasteiger partial charge in [-0.25, -0.2) is 9.78 Å². The quantitative estimate of drug-likeness (QED) is 0.771. The van der Waals surface area contributed by atoms with Gasteiger partial charge in [0.2, 0.25) is 0 Å². The second-order valence-corrected chi connectivity index (χ2v) is 6.11. The van der Waals surface area contributed by atoms with Gasteiger partial charge >= 0.3 is 6.03 Å². The Labute approximate surface area is 150 Å². The molecule has 7 nitrogen and oxygen atoms in total. The van der Waals surface area contributed by atoms with E-state index >= 15 is 0 Å². The molecule has 0 atom stereocenters. The first-order valence-corrected chi connectivity index (χ1v) is 8.44. The van der Waals surface area contributed by atoms with Crippen LogP contribution in [-0.2, 0) is 0 Å². The van der Waals surface area contributed by atoms with E-state index < -0.39 is 0 Å². The first-order valence-electron chi connectivity index (χ1n) is 8.44. The summed E-state index contributed by atoms with van der Waals surface area (Å²) >= 11 is 0. The maximum Gasteiger partial charge on any atom is 0.321 e. The molecule has 132 valence electrons. The Kier molecular flexibility index (Phi) is 4.27. The third-order valence-electron chi connectivity index (χ3n) is 4.46. The topological polar surface area (TPSA) is 78.7 Å². The fourth-order valence-corrected chi connectivity index (χ4v) is 3.01. The monoisotopic (exact) mass is 350 g/mol. The van der Waals surface area contributed by atoms with E-state index in [9.17, 15) is 9.59 Å². The van der Waals surface area contributed by atoms with Crippen LogP contribution in [0.1, 0.15) is 10.4 Å². The largest absolute Gasteiger partial charge is 0.443 e. The summed E-state index contributed by atoms with van der Waals surface area (Å²) in [5, 5.41) is 2.87. The van der Waals surface area contributed by atoms with Gasteiger partial charge in [0.15, 0.2) is 12.0 Å². The summed E-state index contributed by atoms with van der Waals surface area (Å²) in [6, 6.07) is 14.4. The lowest BCUT2D eigenvalue weighted by Gasteiger charge is -2.34. The van der Waals surface area contributed by atoms with Gasteiger partial charge in [0, 0.05) is 37.4 Å². The molecule has 1 aliphatic rings. The normalized spacial score (nSPS) is 14.5. The highest BCUT2D eigenvalue weighted by molar-refractivity contribution is 5.97. The van der Waals surface area contributed by atoms with Crippen molar-refractivity contribution in [2.45, 2.75) is 0 Å². The first kappa shape index (κ1) is 16.1. The highest BCUT2D eigenvalue weighted by Crippen LogP contribution is 2.17. The van der Waals surface area contributed by atoms with Crippen molar-refractivity contribution in [3.63, 3.8) is 0 Å². The fraction of sp³-hybridized carbons (Fsp3) is 0.211. The minimum atomic E-state index is -0.147. The summed E-state index contributed by atoms with van der Waals surface area (Å²) in [6.07, 6.45) is 1.36.